The predicted molar refractivity (Wildman–Crippen MR) is 78.3 cm³/mol. The maximum atomic E-state index is 5.43. The number of nitrogens with zero attached hydrogens (tertiary/aromatic N) is 2. The summed E-state index contributed by atoms with van der Waals surface area (Å²) >= 11 is 0. The monoisotopic (exact) mass is 275 g/mol. The Labute approximate surface area is 119 Å². The largest absolute Gasteiger partial charge is 0.494 e. The molecule has 1 N–H and O–H groups in total. The summed E-state index contributed by atoms with van der Waals surface area (Å²) in [5.41, 5.74) is 2.03. The summed E-state index contributed by atoms with van der Waals surface area (Å²) in [6.07, 6.45) is 1.96. The first-order valence-corrected chi connectivity index (χ1v) is 6.81. The average molecular weight is 275 g/mol. The van der Waals surface area contributed by atoms with Crippen molar-refractivity contribution in [2.75, 3.05) is 26.9 Å². The molecule has 0 amide bonds. The van der Waals surface area contributed by atoms with Crippen LogP contribution in [0.3, 0.4) is 0 Å². The minimum atomic E-state index is 0.679. The summed E-state index contributed by atoms with van der Waals surface area (Å²) in [6, 6.07) is 9.92. The molecule has 0 aliphatic carbocycles. The highest BCUT2D eigenvalue weighted by atomic mass is 16.5. The lowest BCUT2D eigenvalue weighted by Gasteiger charge is -2.05. The van der Waals surface area contributed by atoms with Crippen molar-refractivity contribution in [2.24, 2.45) is 0 Å². The molecule has 0 saturated carbocycles. The molecule has 0 aliphatic heterocycles. The first-order valence-electron chi connectivity index (χ1n) is 6.81. The van der Waals surface area contributed by atoms with Gasteiger partial charge in [-0.2, -0.15) is 5.10 Å². The number of aromatic nitrogens is 2. The number of benzene rings is 1. The molecule has 108 valence electrons. The van der Waals surface area contributed by atoms with E-state index >= 15 is 0 Å². The SMILES string of the molecule is CCOc1ccc(-n2ccc(CNCCOC)n2)cc1. The van der Waals surface area contributed by atoms with Gasteiger partial charge in [-0.25, -0.2) is 4.68 Å². The molecule has 0 unspecified atom stereocenters. The Balaban J connectivity index is 1.93. The van der Waals surface area contributed by atoms with Gasteiger partial charge in [-0.05, 0) is 37.3 Å². The first-order chi connectivity index (χ1) is 9.83. The van der Waals surface area contributed by atoms with Crippen LogP contribution in [0.2, 0.25) is 0 Å². The number of methoxy groups -OCH3 is 1. The maximum absolute atomic E-state index is 5.43. The van der Waals surface area contributed by atoms with E-state index in [1.165, 1.54) is 0 Å². The van der Waals surface area contributed by atoms with Crippen LogP contribution in [-0.4, -0.2) is 36.6 Å². The van der Waals surface area contributed by atoms with Crippen molar-refractivity contribution in [3.63, 3.8) is 0 Å². The summed E-state index contributed by atoms with van der Waals surface area (Å²) in [5.74, 6) is 0.880. The Kier molecular flexibility index (Phi) is 5.58. The van der Waals surface area contributed by atoms with Crippen molar-refractivity contribution in [1.29, 1.82) is 0 Å². The highest BCUT2D eigenvalue weighted by Gasteiger charge is 2.01. The Hall–Kier alpha value is -1.85. The predicted octanol–water partition coefficient (Wildman–Crippen LogP) is 2.01. The Morgan fingerprint density at radius 1 is 1.20 bits per heavy atom. The molecule has 0 aliphatic rings. The van der Waals surface area contributed by atoms with Gasteiger partial charge < -0.3 is 14.8 Å². The molecule has 5 nitrogen and oxygen atoms in total. The van der Waals surface area contributed by atoms with Gasteiger partial charge in [0.1, 0.15) is 5.75 Å². The lowest BCUT2D eigenvalue weighted by atomic mass is 10.3. The van der Waals surface area contributed by atoms with Crippen LogP contribution in [0.4, 0.5) is 0 Å². The van der Waals surface area contributed by atoms with Gasteiger partial charge in [0.2, 0.25) is 0 Å². The molecule has 0 saturated heterocycles. The van der Waals surface area contributed by atoms with Gasteiger partial charge in [-0.1, -0.05) is 0 Å². The lowest BCUT2D eigenvalue weighted by Crippen LogP contribution is -2.18. The topological polar surface area (TPSA) is 48.3 Å². The molecule has 5 heteroatoms. The van der Waals surface area contributed by atoms with E-state index in [1.807, 2.05) is 48.1 Å². The number of ether oxygens (including phenoxy) is 2. The fourth-order valence-electron chi connectivity index (χ4n) is 1.85. The Morgan fingerprint density at radius 2 is 2.00 bits per heavy atom. The van der Waals surface area contributed by atoms with Crippen molar-refractivity contribution in [3.8, 4) is 11.4 Å². The lowest BCUT2D eigenvalue weighted by molar-refractivity contribution is 0.199. The standard InChI is InChI=1S/C15H21N3O2/c1-3-20-15-6-4-14(5-7-15)18-10-8-13(17-18)12-16-9-11-19-2/h4-8,10,16H,3,9,11-12H2,1-2H3. The fourth-order valence-corrected chi connectivity index (χ4v) is 1.85. The van der Waals surface area contributed by atoms with Crippen molar-refractivity contribution >= 4 is 0 Å². The van der Waals surface area contributed by atoms with Crippen LogP contribution in [0.25, 0.3) is 5.69 Å². The van der Waals surface area contributed by atoms with Crippen LogP contribution in [0, 0.1) is 0 Å². The molecule has 1 aromatic heterocycles. The highest BCUT2D eigenvalue weighted by Crippen LogP contribution is 2.15. The van der Waals surface area contributed by atoms with E-state index in [9.17, 15) is 0 Å². The molecule has 2 aromatic rings. The summed E-state index contributed by atoms with van der Waals surface area (Å²) < 4.78 is 12.3. The van der Waals surface area contributed by atoms with Crippen LogP contribution in [0.5, 0.6) is 5.75 Å². The number of nitrogens with one attached hydrogen (secondary N) is 1. The molecule has 2 rings (SSSR count). The third kappa shape index (κ3) is 4.08. The normalized spacial score (nSPS) is 10.7. The molecule has 0 spiro atoms. The van der Waals surface area contributed by atoms with Crippen molar-refractivity contribution in [3.05, 3.63) is 42.2 Å². The smallest absolute Gasteiger partial charge is 0.119 e. The van der Waals surface area contributed by atoms with Crippen molar-refractivity contribution in [2.45, 2.75) is 13.5 Å². The zero-order chi connectivity index (χ0) is 14.2. The second kappa shape index (κ2) is 7.67. The molecule has 1 aromatic carbocycles. The second-order valence-corrected chi connectivity index (χ2v) is 4.35. The molecule has 0 bridgehead atoms. The van der Waals surface area contributed by atoms with Crippen LogP contribution in [-0.2, 0) is 11.3 Å². The van der Waals surface area contributed by atoms with Gasteiger partial charge in [-0.15, -0.1) is 0 Å². The highest BCUT2D eigenvalue weighted by molar-refractivity contribution is 5.36. The fraction of sp³-hybridized carbons (Fsp3) is 0.400. The quantitative estimate of drug-likeness (QED) is 0.749. The summed E-state index contributed by atoms with van der Waals surface area (Å²) in [4.78, 5) is 0. The molecular formula is C15H21N3O2. The summed E-state index contributed by atoms with van der Waals surface area (Å²) in [7, 11) is 1.70. The minimum Gasteiger partial charge on any atom is -0.494 e. The zero-order valence-corrected chi connectivity index (χ0v) is 12.0. The van der Waals surface area contributed by atoms with E-state index in [1.54, 1.807) is 7.11 Å². The van der Waals surface area contributed by atoms with E-state index in [4.69, 9.17) is 9.47 Å². The van der Waals surface area contributed by atoms with Gasteiger partial charge in [0.15, 0.2) is 0 Å². The van der Waals surface area contributed by atoms with Crippen molar-refractivity contribution < 1.29 is 9.47 Å². The van der Waals surface area contributed by atoms with Gasteiger partial charge >= 0.3 is 0 Å². The third-order valence-corrected chi connectivity index (χ3v) is 2.85. The average Bonchev–Trinajstić information content (AvgIpc) is 2.94. The Bertz CT molecular complexity index is 508. The molecule has 20 heavy (non-hydrogen) atoms. The molecule has 0 radical (unpaired) electrons. The van der Waals surface area contributed by atoms with Gasteiger partial charge in [0, 0.05) is 26.4 Å². The van der Waals surface area contributed by atoms with Gasteiger partial charge in [0.25, 0.3) is 0 Å². The third-order valence-electron chi connectivity index (χ3n) is 2.85. The zero-order valence-electron chi connectivity index (χ0n) is 12.0. The summed E-state index contributed by atoms with van der Waals surface area (Å²) in [6.45, 7) is 4.93. The maximum Gasteiger partial charge on any atom is 0.119 e. The van der Waals surface area contributed by atoms with Crippen LogP contribution >= 0.6 is 0 Å². The van der Waals surface area contributed by atoms with Crippen LogP contribution in [0.1, 0.15) is 12.6 Å². The second-order valence-electron chi connectivity index (χ2n) is 4.35. The van der Waals surface area contributed by atoms with E-state index in [-0.39, 0.29) is 0 Å². The van der Waals surface area contributed by atoms with E-state index in [2.05, 4.69) is 10.4 Å². The van der Waals surface area contributed by atoms with E-state index in [0.29, 0.717) is 13.2 Å². The minimum absolute atomic E-state index is 0.679. The first kappa shape index (κ1) is 14.6. The van der Waals surface area contributed by atoms with E-state index in [0.717, 1.165) is 30.2 Å². The number of hydrogen-bond donors (Lipinski definition) is 1. The van der Waals surface area contributed by atoms with E-state index < -0.39 is 0 Å². The molecule has 1 heterocycles. The van der Waals surface area contributed by atoms with Gasteiger partial charge in [0.05, 0.1) is 24.6 Å². The molecule has 0 fully saturated rings. The van der Waals surface area contributed by atoms with Crippen molar-refractivity contribution in [1.82, 2.24) is 15.1 Å². The number of rotatable bonds is 8. The summed E-state index contributed by atoms with van der Waals surface area (Å²) in [5, 5.41) is 7.80. The molecular weight excluding hydrogens is 254 g/mol. The van der Waals surface area contributed by atoms with Crippen LogP contribution < -0.4 is 10.1 Å². The Morgan fingerprint density at radius 3 is 2.70 bits per heavy atom. The molecule has 0 atom stereocenters. The van der Waals surface area contributed by atoms with Crippen LogP contribution in [0.15, 0.2) is 36.5 Å². The van der Waals surface area contributed by atoms with Gasteiger partial charge in [-0.3, -0.25) is 0 Å². The number of hydrogen-bond acceptors (Lipinski definition) is 4.